The second-order valence-corrected chi connectivity index (χ2v) is 7.55. The normalized spacial score (nSPS) is 22.9. The number of fused-ring (bicyclic) bond motifs is 1. The van der Waals surface area contributed by atoms with E-state index in [0.29, 0.717) is 25.9 Å². The third kappa shape index (κ3) is 3.54. The van der Waals surface area contributed by atoms with Crippen LogP contribution in [0.5, 0.6) is 0 Å². The number of amides is 1. The van der Waals surface area contributed by atoms with Gasteiger partial charge >= 0.3 is 0 Å². The van der Waals surface area contributed by atoms with Crippen LogP contribution in [-0.4, -0.2) is 45.3 Å². The summed E-state index contributed by atoms with van der Waals surface area (Å²) >= 11 is 0. The van der Waals surface area contributed by atoms with Crippen molar-refractivity contribution >= 4 is 5.91 Å². The van der Waals surface area contributed by atoms with Crippen molar-refractivity contribution in [3.05, 3.63) is 52.8 Å². The van der Waals surface area contributed by atoms with Gasteiger partial charge in [0.1, 0.15) is 0 Å². The summed E-state index contributed by atoms with van der Waals surface area (Å²) in [6.07, 6.45) is 6.09. The van der Waals surface area contributed by atoms with Gasteiger partial charge in [0.2, 0.25) is 5.91 Å². The molecular formula is C21H27N3O2. The van der Waals surface area contributed by atoms with Gasteiger partial charge in [-0.3, -0.25) is 9.89 Å². The van der Waals surface area contributed by atoms with E-state index in [1.807, 2.05) is 23.1 Å². The molecule has 5 heteroatoms. The predicted molar refractivity (Wildman–Crippen MR) is 99.9 cm³/mol. The summed E-state index contributed by atoms with van der Waals surface area (Å²) in [6, 6.07) is 10.1. The van der Waals surface area contributed by atoms with Gasteiger partial charge < -0.3 is 10.0 Å². The molecule has 4 rings (SSSR count). The molecule has 0 unspecified atom stereocenters. The molecule has 5 nitrogen and oxygen atoms in total. The van der Waals surface area contributed by atoms with Crippen LogP contribution in [0.3, 0.4) is 0 Å². The Hall–Kier alpha value is -2.14. The molecule has 2 N–H and O–H groups in total. The molecule has 1 aliphatic carbocycles. The number of aliphatic hydroxyl groups is 1. The second kappa shape index (κ2) is 7.62. The van der Waals surface area contributed by atoms with E-state index in [4.69, 9.17) is 0 Å². The Labute approximate surface area is 154 Å². The Bertz CT molecular complexity index is 756. The summed E-state index contributed by atoms with van der Waals surface area (Å²) in [6.45, 7) is 1.14. The molecule has 0 saturated carbocycles. The van der Waals surface area contributed by atoms with Crippen LogP contribution in [-0.2, 0) is 24.1 Å². The fraction of sp³-hybridized carbons (Fsp3) is 0.524. The number of hydrogen-bond donors (Lipinski definition) is 2. The van der Waals surface area contributed by atoms with Gasteiger partial charge in [0.15, 0.2) is 0 Å². The molecule has 2 heterocycles. The number of aromatic nitrogens is 2. The highest BCUT2D eigenvalue weighted by Crippen LogP contribution is 2.29. The number of H-pyrrole nitrogens is 1. The molecule has 1 saturated heterocycles. The van der Waals surface area contributed by atoms with Crippen molar-refractivity contribution in [1.29, 1.82) is 0 Å². The number of carbonyl (C=O) groups is 1. The number of nitrogens with zero attached hydrogens (tertiary/aromatic N) is 2. The first-order valence-corrected chi connectivity index (χ1v) is 9.78. The Morgan fingerprint density at radius 2 is 2.04 bits per heavy atom. The van der Waals surface area contributed by atoms with Crippen molar-refractivity contribution in [3.63, 3.8) is 0 Å². The smallest absolute Gasteiger partial charge is 0.223 e. The van der Waals surface area contributed by atoms with Gasteiger partial charge in [-0.25, -0.2) is 0 Å². The number of rotatable bonds is 4. The molecule has 0 spiro atoms. The lowest BCUT2D eigenvalue weighted by molar-refractivity contribution is -0.134. The molecule has 2 atom stereocenters. The molecule has 0 radical (unpaired) electrons. The maximum Gasteiger partial charge on any atom is 0.223 e. The number of β-amino-alcohol motifs (C(OH)–C–C–N with tert-alkyl or cyclic N) is 1. The van der Waals surface area contributed by atoms with E-state index < -0.39 is 6.10 Å². The predicted octanol–water partition coefficient (Wildman–Crippen LogP) is 2.60. The first-order valence-electron chi connectivity index (χ1n) is 9.78. The topological polar surface area (TPSA) is 69.2 Å². The minimum atomic E-state index is -0.492. The second-order valence-electron chi connectivity index (χ2n) is 7.55. The maximum absolute atomic E-state index is 12.6. The molecule has 26 heavy (non-hydrogen) atoms. The van der Waals surface area contributed by atoms with Crippen LogP contribution < -0.4 is 0 Å². The van der Waals surface area contributed by atoms with Crippen molar-refractivity contribution < 1.29 is 9.90 Å². The summed E-state index contributed by atoms with van der Waals surface area (Å²) in [5.74, 6) is 0.252. The highest BCUT2D eigenvalue weighted by molar-refractivity contribution is 5.76. The van der Waals surface area contributed by atoms with Crippen molar-refractivity contribution in [2.24, 2.45) is 0 Å². The van der Waals surface area contributed by atoms with Gasteiger partial charge in [-0.1, -0.05) is 30.3 Å². The van der Waals surface area contributed by atoms with E-state index in [9.17, 15) is 9.90 Å². The molecule has 2 aromatic rings. The Balaban J connectivity index is 1.33. The number of carbonyl (C=O) groups excluding carboxylic acids is 1. The SMILES string of the molecule is O=C(CCc1n[nH]c2c1CCCC2)N1CC[C@@H](c2ccccc2)[C@H](O)C1. The van der Waals surface area contributed by atoms with Crippen LogP contribution in [0.15, 0.2) is 30.3 Å². The van der Waals surface area contributed by atoms with Gasteiger partial charge in [-0.2, -0.15) is 5.10 Å². The van der Waals surface area contributed by atoms with Crippen molar-refractivity contribution in [1.82, 2.24) is 15.1 Å². The molecule has 1 aromatic carbocycles. The number of aryl methyl sites for hydroxylation is 2. The van der Waals surface area contributed by atoms with E-state index in [0.717, 1.165) is 30.5 Å². The molecule has 1 amide bonds. The first kappa shape index (κ1) is 17.3. The lowest BCUT2D eigenvalue weighted by Crippen LogP contribution is -2.45. The number of nitrogens with one attached hydrogen (secondary N) is 1. The van der Waals surface area contributed by atoms with Crippen molar-refractivity contribution in [3.8, 4) is 0 Å². The number of piperidine rings is 1. The lowest BCUT2D eigenvalue weighted by atomic mass is 9.87. The zero-order valence-corrected chi connectivity index (χ0v) is 15.2. The largest absolute Gasteiger partial charge is 0.391 e. The van der Waals surface area contributed by atoms with Crippen molar-refractivity contribution in [2.45, 2.75) is 57.0 Å². The summed E-state index contributed by atoms with van der Waals surface area (Å²) in [5, 5.41) is 18.1. The van der Waals surface area contributed by atoms with Gasteiger partial charge in [-0.05, 0) is 43.2 Å². The van der Waals surface area contributed by atoms with E-state index in [1.54, 1.807) is 0 Å². The monoisotopic (exact) mass is 353 g/mol. The number of aromatic amines is 1. The fourth-order valence-electron chi connectivity index (χ4n) is 4.39. The first-order chi connectivity index (χ1) is 12.7. The van der Waals surface area contributed by atoms with Crippen LogP contribution in [0.1, 0.15) is 54.1 Å². The zero-order chi connectivity index (χ0) is 17.9. The summed E-state index contributed by atoms with van der Waals surface area (Å²) < 4.78 is 0. The van der Waals surface area contributed by atoms with Crippen molar-refractivity contribution in [2.75, 3.05) is 13.1 Å². The molecule has 1 fully saturated rings. The Morgan fingerprint density at radius 3 is 2.85 bits per heavy atom. The van der Waals surface area contributed by atoms with E-state index >= 15 is 0 Å². The molecule has 138 valence electrons. The number of benzene rings is 1. The van der Waals surface area contributed by atoms with E-state index in [1.165, 1.54) is 24.1 Å². The van der Waals surface area contributed by atoms with Crippen LogP contribution in [0.4, 0.5) is 0 Å². The average Bonchev–Trinajstić information content (AvgIpc) is 3.10. The standard InChI is InChI=1S/C21H27N3O2/c25-20-14-24(13-12-16(20)15-6-2-1-3-7-15)21(26)11-10-19-17-8-4-5-9-18(17)22-23-19/h1-3,6-7,16,20,25H,4-5,8-14H2,(H,22,23)/t16-,20+/m0/s1. The minimum Gasteiger partial charge on any atom is -0.391 e. The Kier molecular flexibility index (Phi) is 5.07. The lowest BCUT2D eigenvalue weighted by Gasteiger charge is -2.36. The van der Waals surface area contributed by atoms with Gasteiger partial charge in [-0.15, -0.1) is 0 Å². The molecule has 2 aliphatic rings. The zero-order valence-electron chi connectivity index (χ0n) is 15.2. The number of hydrogen-bond acceptors (Lipinski definition) is 3. The summed E-state index contributed by atoms with van der Waals surface area (Å²) in [4.78, 5) is 14.4. The number of aliphatic hydroxyl groups excluding tert-OH is 1. The van der Waals surface area contributed by atoms with Crippen LogP contribution in [0.2, 0.25) is 0 Å². The molecule has 1 aliphatic heterocycles. The fourth-order valence-corrected chi connectivity index (χ4v) is 4.39. The third-order valence-corrected chi connectivity index (χ3v) is 5.88. The van der Waals surface area contributed by atoms with E-state index in [2.05, 4.69) is 22.3 Å². The van der Waals surface area contributed by atoms with Crippen LogP contribution in [0.25, 0.3) is 0 Å². The highest BCUT2D eigenvalue weighted by Gasteiger charge is 2.31. The molecular weight excluding hydrogens is 326 g/mol. The van der Waals surface area contributed by atoms with Crippen LogP contribution >= 0.6 is 0 Å². The molecule has 1 aromatic heterocycles. The van der Waals surface area contributed by atoms with Gasteiger partial charge in [0, 0.05) is 37.5 Å². The van der Waals surface area contributed by atoms with E-state index in [-0.39, 0.29) is 11.8 Å². The molecule has 0 bridgehead atoms. The van der Waals surface area contributed by atoms with Crippen LogP contribution in [0, 0.1) is 0 Å². The highest BCUT2D eigenvalue weighted by atomic mass is 16.3. The Morgan fingerprint density at radius 1 is 1.23 bits per heavy atom. The third-order valence-electron chi connectivity index (χ3n) is 5.88. The summed E-state index contributed by atoms with van der Waals surface area (Å²) in [7, 11) is 0. The van der Waals surface area contributed by atoms with Gasteiger partial charge in [0.05, 0.1) is 11.8 Å². The maximum atomic E-state index is 12.6. The average molecular weight is 353 g/mol. The quantitative estimate of drug-likeness (QED) is 0.888. The van der Waals surface area contributed by atoms with Gasteiger partial charge in [0.25, 0.3) is 0 Å². The number of likely N-dealkylation sites (tertiary alicyclic amines) is 1. The summed E-state index contributed by atoms with van der Waals surface area (Å²) in [5.41, 5.74) is 4.83. The minimum absolute atomic E-state index is 0.124.